The summed E-state index contributed by atoms with van der Waals surface area (Å²) in [7, 11) is 1.72. The number of aromatic nitrogens is 2. The van der Waals surface area contributed by atoms with E-state index in [1.54, 1.807) is 19.3 Å². The van der Waals surface area contributed by atoms with Crippen molar-refractivity contribution in [2.45, 2.75) is 18.9 Å². The van der Waals surface area contributed by atoms with Crippen LogP contribution in [0.5, 0.6) is 0 Å². The van der Waals surface area contributed by atoms with Crippen molar-refractivity contribution in [1.82, 2.24) is 20.4 Å². The van der Waals surface area contributed by atoms with E-state index >= 15 is 0 Å². The number of hydrogen-bond donors (Lipinski definition) is 2. The topological polar surface area (TPSA) is 76.0 Å². The molecule has 0 aromatic carbocycles. The summed E-state index contributed by atoms with van der Waals surface area (Å²) in [4.78, 5) is 22.7. The first kappa shape index (κ1) is 10.7. The van der Waals surface area contributed by atoms with Crippen molar-refractivity contribution in [2.24, 2.45) is 7.05 Å². The molecule has 0 radical (unpaired) electrons. The molecule has 0 bridgehead atoms. The third-order valence-corrected chi connectivity index (χ3v) is 2.65. The highest BCUT2D eigenvalue weighted by Crippen LogP contribution is 2.04. The van der Waals surface area contributed by atoms with Crippen LogP contribution in [0.25, 0.3) is 0 Å². The number of carbonyl (C=O) groups excluding carboxylic acids is 2. The first-order valence-electron chi connectivity index (χ1n) is 5.22. The van der Waals surface area contributed by atoms with Crippen LogP contribution in [-0.4, -0.2) is 34.2 Å². The molecule has 1 aliphatic rings. The van der Waals surface area contributed by atoms with Crippen LogP contribution in [-0.2, 0) is 11.8 Å². The summed E-state index contributed by atoms with van der Waals surface area (Å²) in [6, 6.07) is 1.68. The van der Waals surface area contributed by atoms with Crippen LogP contribution in [0.4, 0.5) is 0 Å². The highest BCUT2D eigenvalue weighted by molar-refractivity contribution is 5.92. The van der Waals surface area contributed by atoms with E-state index in [9.17, 15) is 9.59 Å². The van der Waals surface area contributed by atoms with Gasteiger partial charge in [0, 0.05) is 32.3 Å². The number of piperidine rings is 1. The van der Waals surface area contributed by atoms with Gasteiger partial charge in [-0.2, -0.15) is 5.10 Å². The highest BCUT2D eigenvalue weighted by atomic mass is 16.2. The number of hydrogen-bond acceptors (Lipinski definition) is 3. The van der Waals surface area contributed by atoms with Gasteiger partial charge in [-0.05, 0) is 12.5 Å². The lowest BCUT2D eigenvalue weighted by atomic mass is 10.1. The number of rotatable bonds is 2. The number of carbonyl (C=O) groups is 2. The van der Waals surface area contributed by atoms with Crippen LogP contribution in [0.3, 0.4) is 0 Å². The van der Waals surface area contributed by atoms with Gasteiger partial charge in [0.2, 0.25) is 5.91 Å². The molecule has 6 heteroatoms. The molecule has 2 amide bonds. The van der Waals surface area contributed by atoms with Gasteiger partial charge in [0.25, 0.3) is 5.91 Å². The zero-order valence-electron chi connectivity index (χ0n) is 9.06. The smallest absolute Gasteiger partial charge is 0.269 e. The van der Waals surface area contributed by atoms with E-state index in [0.717, 1.165) is 0 Å². The Hall–Kier alpha value is -1.85. The van der Waals surface area contributed by atoms with Crippen LogP contribution in [0.15, 0.2) is 12.3 Å². The van der Waals surface area contributed by atoms with Crippen molar-refractivity contribution in [3.05, 3.63) is 18.0 Å². The Bertz CT molecular complexity index is 403. The normalized spacial score (nSPS) is 20.3. The van der Waals surface area contributed by atoms with Crippen molar-refractivity contribution < 1.29 is 9.59 Å². The van der Waals surface area contributed by atoms with E-state index in [1.807, 2.05) is 0 Å². The SMILES string of the molecule is Cn1nccc1C(=O)NC1CCC(=O)NC1. The maximum absolute atomic E-state index is 11.8. The molecular formula is C10H14N4O2. The Kier molecular flexibility index (Phi) is 2.89. The monoisotopic (exact) mass is 222 g/mol. The molecule has 1 aromatic heterocycles. The van der Waals surface area contributed by atoms with E-state index < -0.39 is 0 Å². The minimum Gasteiger partial charge on any atom is -0.354 e. The molecule has 1 unspecified atom stereocenters. The van der Waals surface area contributed by atoms with E-state index in [-0.39, 0.29) is 17.9 Å². The third kappa shape index (κ3) is 2.21. The molecule has 1 aliphatic heterocycles. The molecule has 1 atom stereocenters. The third-order valence-electron chi connectivity index (χ3n) is 2.65. The maximum atomic E-state index is 11.8. The van der Waals surface area contributed by atoms with Gasteiger partial charge in [-0.25, -0.2) is 0 Å². The molecule has 2 N–H and O–H groups in total. The minimum atomic E-state index is -0.152. The van der Waals surface area contributed by atoms with Crippen molar-refractivity contribution in [3.8, 4) is 0 Å². The summed E-state index contributed by atoms with van der Waals surface area (Å²) in [5.41, 5.74) is 0.525. The number of nitrogens with one attached hydrogen (secondary N) is 2. The lowest BCUT2D eigenvalue weighted by Gasteiger charge is -2.23. The summed E-state index contributed by atoms with van der Waals surface area (Å²) in [5.74, 6) is -0.104. The summed E-state index contributed by atoms with van der Waals surface area (Å²) in [5, 5.41) is 9.52. The zero-order valence-corrected chi connectivity index (χ0v) is 9.06. The Morgan fingerprint density at radius 3 is 3.06 bits per heavy atom. The van der Waals surface area contributed by atoms with Gasteiger partial charge in [-0.1, -0.05) is 0 Å². The molecule has 0 saturated carbocycles. The molecule has 2 heterocycles. The molecule has 2 rings (SSSR count). The van der Waals surface area contributed by atoms with E-state index in [0.29, 0.717) is 25.1 Å². The lowest BCUT2D eigenvalue weighted by molar-refractivity contribution is -0.122. The molecule has 1 fully saturated rings. The Morgan fingerprint density at radius 1 is 1.69 bits per heavy atom. The molecular weight excluding hydrogens is 208 g/mol. The standard InChI is InChI=1S/C10H14N4O2/c1-14-8(4-5-12-14)10(16)13-7-2-3-9(15)11-6-7/h4-5,7H,2-3,6H2,1H3,(H,11,15)(H,13,16). The molecule has 6 nitrogen and oxygen atoms in total. The van der Waals surface area contributed by atoms with Crippen LogP contribution in [0, 0.1) is 0 Å². The van der Waals surface area contributed by atoms with Gasteiger partial charge in [-0.15, -0.1) is 0 Å². The molecule has 1 saturated heterocycles. The largest absolute Gasteiger partial charge is 0.354 e. The van der Waals surface area contributed by atoms with Crippen LogP contribution < -0.4 is 10.6 Å². The second-order valence-corrected chi connectivity index (χ2v) is 3.85. The summed E-state index contributed by atoms with van der Waals surface area (Å²) in [6.07, 6.45) is 2.74. The zero-order chi connectivity index (χ0) is 11.5. The number of amides is 2. The van der Waals surface area contributed by atoms with E-state index in [1.165, 1.54) is 4.68 Å². The summed E-state index contributed by atoms with van der Waals surface area (Å²) < 4.78 is 1.52. The first-order valence-corrected chi connectivity index (χ1v) is 5.22. The van der Waals surface area contributed by atoms with Gasteiger partial charge < -0.3 is 10.6 Å². The highest BCUT2D eigenvalue weighted by Gasteiger charge is 2.21. The number of aryl methyl sites for hydroxylation is 1. The van der Waals surface area contributed by atoms with Gasteiger partial charge in [0.05, 0.1) is 0 Å². The fourth-order valence-corrected chi connectivity index (χ4v) is 1.71. The van der Waals surface area contributed by atoms with Gasteiger partial charge in [0.1, 0.15) is 5.69 Å². The van der Waals surface area contributed by atoms with Crippen molar-refractivity contribution in [3.63, 3.8) is 0 Å². The Morgan fingerprint density at radius 2 is 2.50 bits per heavy atom. The summed E-state index contributed by atoms with van der Waals surface area (Å²) in [6.45, 7) is 0.502. The molecule has 0 spiro atoms. The van der Waals surface area contributed by atoms with Crippen molar-refractivity contribution in [1.29, 1.82) is 0 Å². The van der Waals surface area contributed by atoms with E-state index in [2.05, 4.69) is 15.7 Å². The van der Waals surface area contributed by atoms with Crippen LogP contribution in [0.2, 0.25) is 0 Å². The number of nitrogens with zero attached hydrogens (tertiary/aromatic N) is 2. The minimum absolute atomic E-state index is 0.0140. The lowest BCUT2D eigenvalue weighted by Crippen LogP contribution is -2.48. The van der Waals surface area contributed by atoms with Crippen molar-refractivity contribution >= 4 is 11.8 Å². The van der Waals surface area contributed by atoms with Crippen molar-refractivity contribution in [2.75, 3.05) is 6.54 Å². The summed E-state index contributed by atoms with van der Waals surface area (Å²) >= 11 is 0. The average molecular weight is 222 g/mol. The first-order chi connectivity index (χ1) is 7.66. The molecule has 0 aliphatic carbocycles. The van der Waals surface area contributed by atoms with Gasteiger partial charge in [-0.3, -0.25) is 14.3 Å². The average Bonchev–Trinajstić information content (AvgIpc) is 2.68. The molecule has 16 heavy (non-hydrogen) atoms. The van der Waals surface area contributed by atoms with Gasteiger partial charge in [0.15, 0.2) is 0 Å². The second-order valence-electron chi connectivity index (χ2n) is 3.85. The maximum Gasteiger partial charge on any atom is 0.269 e. The van der Waals surface area contributed by atoms with Crippen LogP contribution in [0.1, 0.15) is 23.3 Å². The Balaban J connectivity index is 1.93. The predicted molar refractivity (Wildman–Crippen MR) is 56.7 cm³/mol. The molecule has 86 valence electrons. The van der Waals surface area contributed by atoms with Crippen LogP contribution >= 0.6 is 0 Å². The molecule has 1 aromatic rings. The predicted octanol–water partition coefficient (Wildman–Crippen LogP) is -0.571. The van der Waals surface area contributed by atoms with Gasteiger partial charge >= 0.3 is 0 Å². The fourth-order valence-electron chi connectivity index (χ4n) is 1.71. The second kappa shape index (κ2) is 4.34. The van der Waals surface area contributed by atoms with E-state index in [4.69, 9.17) is 0 Å². The quantitative estimate of drug-likeness (QED) is 0.703. The Labute approximate surface area is 93.0 Å². The fraction of sp³-hybridized carbons (Fsp3) is 0.500.